The summed E-state index contributed by atoms with van der Waals surface area (Å²) in [5, 5.41) is 9.02. The summed E-state index contributed by atoms with van der Waals surface area (Å²) in [6.45, 7) is 3.73. The van der Waals surface area contributed by atoms with Crippen LogP contribution >= 0.6 is 0 Å². The van der Waals surface area contributed by atoms with Crippen molar-refractivity contribution in [2.75, 3.05) is 24.6 Å². The summed E-state index contributed by atoms with van der Waals surface area (Å²) < 4.78 is 22.8. The molecule has 90 valence electrons. The first-order valence-corrected chi connectivity index (χ1v) is 7.62. The summed E-state index contributed by atoms with van der Waals surface area (Å²) in [5.74, 6) is 0.653. The zero-order valence-corrected chi connectivity index (χ0v) is 10.5. The third-order valence-electron chi connectivity index (χ3n) is 3.90. The van der Waals surface area contributed by atoms with Gasteiger partial charge in [0.25, 0.3) is 0 Å². The van der Waals surface area contributed by atoms with Crippen molar-refractivity contribution in [2.24, 2.45) is 5.41 Å². The normalized spacial score (nSPS) is 33.4. The molecule has 0 aromatic rings. The Morgan fingerprint density at radius 1 is 1.38 bits per heavy atom. The fraction of sp³-hybridized carbons (Fsp3) is 0.909. The zero-order chi connectivity index (χ0) is 11.8. The lowest BCUT2D eigenvalue weighted by molar-refractivity contribution is 0.122. The first-order valence-electron chi connectivity index (χ1n) is 5.80. The summed E-state index contributed by atoms with van der Waals surface area (Å²) in [6, 6.07) is 2.56. The number of likely N-dealkylation sites (tertiary alicyclic amines) is 1. The first-order chi connectivity index (χ1) is 7.44. The van der Waals surface area contributed by atoms with Gasteiger partial charge in [0.2, 0.25) is 0 Å². The van der Waals surface area contributed by atoms with Crippen LogP contribution in [-0.4, -0.2) is 44.0 Å². The largest absolute Gasteiger partial charge is 0.299 e. The van der Waals surface area contributed by atoms with Crippen molar-refractivity contribution in [3.8, 4) is 6.07 Å². The predicted molar refractivity (Wildman–Crippen MR) is 61.6 cm³/mol. The Kier molecular flexibility index (Phi) is 2.97. The van der Waals surface area contributed by atoms with Crippen LogP contribution in [0.5, 0.6) is 0 Å². The van der Waals surface area contributed by atoms with Crippen LogP contribution in [0.1, 0.15) is 26.2 Å². The van der Waals surface area contributed by atoms with E-state index in [1.807, 2.05) is 6.92 Å². The number of nitriles is 1. The second kappa shape index (κ2) is 4.01. The molecule has 16 heavy (non-hydrogen) atoms. The van der Waals surface area contributed by atoms with Gasteiger partial charge < -0.3 is 0 Å². The van der Waals surface area contributed by atoms with Crippen molar-refractivity contribution in [3.63, 3.8) is 0 Å². The van der Waals surface area contributed by atoms with Gasteiger partial charge in [-0.2, -0.15) is 5.26 Å². The molecule has 2 aliphatic heterocycles. The molecule has 0 aliphatic carbocycles. The molecule has 1 unspecified atom stereocenters. The van der Waals surface area contributed by atoms with E-state index in [0.717, 1.165) is 32.4 Å². The van der Waals surface area contributed by atoms with E-state index in [1.165, 1.54) is 0 Å². The Morgan fingerprint density at radius 2 is 2.00 bits per heavy atom. The molecule has 2 rings (SSSR count). The highest BCUT2D eigenvalue weighted by molar-refractivity contribution is 7.91. The predicted octanol–water partition coefficient (Wildman–Crippen LogP) is 0.799. The van der Waals surface area contributed by atoms with E-state index in [9.17, 15) is 8.42 Å². The highest BCUT2D eigenvalue weighted by Gasteiger charge is 2.37. The third-order valence-corrected chi connectivity index (χ3v) is 5.65. The van der Waals surface area contributed by atoms with Crippen molar-refractivity contribution in [1.29, 1.82) is 5.26 Å². The van der Waals surface area contributed by atoms with Crippen LogP contribution in [0.3, 0.4) is 0 Å². The lowest BCUT2D eigenvalue weighted by Crippen LogP contribution is -2.44. The molecule has 0 spiro atoms. The van der Waals surface area contributed by atoms with E-state index >= 15 is 0 Å². The molecule has 5 heteroatoms. The van der Waals surface area contributed by atoms with Crippen LogP contribution in [0.25, 0.3) is 0 Å². The topological polar surface area (TPSA) is 61.2 Å². The maximum absolute atomic E-state index is 11.4. The van der Waals surface area contributed by atoms with E-state index in [4.69, 9.17) is 5.26 Å². The summed E-state index contributed by atoms with van der Waals surface area (Å²) in [7, 11) is -2.79. The van der Waals surface area contributed by atoms with Crippen molar-refractivity contribution in [2.45, 2.75) is 32.2 Å². The van der Waals surface area contributed by atoms with E-state index < -0.39 is 9.84 Å². The van der Waals surface area contributed by atoms with Gasteiger partial charge in [0.1, 0.15) is 0 Å². The Hall–Kier alpha value is -0.600. The van der Waals surface area contributed by atoms with Gasteiger partial charge in [0.15, 0.2) is 9.84 Å². The van der Waals surface area contributed by atoms with Crippen molar-refractivity contribution < 1.29 is 8.42 Å². The zero-order valence-electron chi connectivity index (χ0n) is 9.65. The second-order valence-electron chi connectivity index (χ2n) is 5.27. The second-order valence-corrected chi connectivity index (χ2v) is 7.49. The molecule has 2 fully saturated rings. The average molecular weight is 242 g/mol. The summed E-state index contributed by atoms with van der Waals surface area (Å²) >= 11 is 0. The van der Waals surface area contributed by atoms with Gasteiger partial charge in [-0.15, -0.1) is 0 Å². The average Bonchev–Trinajstić information content (AvgIpc) is 2.60. The minimum Gasteiger partial charge on any atom is -0.299 e. The quantitative estimate of drug-likeness (QED) is 0.682. The minimum atomic E-state index is -2.79. The van der Waals surface area contributed by atoms with Crippen LogP contribution < -0.4 is 0 Å². The first kappa shape index (κ1) is 11.9. The van der Waals surface area contributed by atoms with E-state index in [0.29, 0.717) is 11.5 Å². The smallest absolute Gasteiger partial charge is 0.151 e. The number of rotatable bonds is 1. The lowest BCUT2D eigenvalue weighted by Gasteiger charge is -2.37. The molecule has 4 nitrogen and oxygen atoms in total. The maximum atomic E-state index is 11.4. The van der Waals surface area contributed by atoms with Gasteiger partial charge in [0.05, 0.1) is 23.0 Å². The monoisotopic (exact) mass is 242 g/mol. The van der Waals surface area contributed by atoms with Gasteiger partial charge in [-0.1, -0.05) is 0 Å². The molecule has 0 saturated carbocycles. The highest BCUT2D eigenvalue weighted by Crippen LogP contribution is 2.32. The number of sulfone groups is 1. The van der Waals surface area contributed by atoms with Gasteiger partial charge in [-0.25, -0.2) is 8.42 Å². The minimum absolute atomic E-state index is 0.200. The van der Waals surface area contributed by atoms with Crippen LogP contribution in [0, 0.1) is 16.7 Å². The third kappa shape index (κ3) is 2.38. The molecule has 0 aromatic heterocycles. The van der Waals surface area contributed by atoms with Gasteiger partial charge in [-0.3, -0.25) is 4.90 Å². The fourth-order valence-electron chi connectivity index (χ4n) is 2.56. The fourth-order valence-corrected chi connectivity index (χ4v) is 4.32. The molecular formula is C11H18N2O2S. The number of nitrogens with zero attached hydrogens (tertiary/aromatic N) is 2. The highest BCUT2D eigenvalue weighted by atomic mass is 32.2. The van der Waals surface area contributed by atoms with E-state index in [1.54, 1.807) is 0 Å². The molecule has 0 N–H and O–H groups in total. The number of hydrogen-bond acceptors (Lipinski definition) is 4. The maximum Gasteiger partial charge on any atom is 0.151 e. The molecule has 0 amide bonds. The lowest BCUT2D eigenvalue weighted by atomic mass is 9.81. The standard InChI is InChI=1S/C11H18N2O2S/c1-11(9-12)3-5-13(6-4-11)10-2-7-16(14,15)8-10/h10H,2-8H2,1H3. The molecule has 1 atom stereocenters. The molecular weight excluding hydrogens is 224 g/mol. The van der Waals surface area contributed by atoms with Crippen molar-refractivity contribution in [1.82, 2.24) is 4.90 Å². The molecule has 0 aromatic carbocycles. The molecule has 2 aliphatic rings. The molecule has 2 saturated heterocycles. The Balaban J connectivity index is 1.94. The summed E-state index contributed by atoms with van der Waals surface area (Å²) in [6.07, 6.45) is 2.49. The molecule has 2 heterocycles. The van der Waals surface area contributed by atoms with E-state index in [2.05, 4.69) is 11.0 Å². The van der Waals surface area contributed by atoms with Crippen molar-refractivity contribution in [3.05, 3.63) is 0 Å². The van der Waals surface area contributed by atoms with Gasteiger partial charge in [-0.05, 0) is 39.3 Å². The SMILES string of the molecule is CC1(C#N)CCN(C2CCS(=O)(=O)C2)CC1. The van der Waals surface area contributed by atoms with Gasteiger partial charge in [0, 0.05) is 6.04 Å². The Morgan fingerprint density at radius 3 is 2.44 bits per heavy atom. The van der Waals surface area contributed by atoms with Crippen LogP contribution in [0.2, 0.25) is 0 Å². The number of hydrogen-bond donors (Lipinski definition) is 0. The Bertz CT molecular complexity index is 402. The van der Waals surface area contributed by atoms with Gasteiger partial charge >= 0.3 is 0 Å². The van der Waals surface area contributed by atoms with Crippen LogP contribution in [-0.2, 0) is 9.84 Å². The number of piperidine rings is 1. The van der Waals surface area contributed by atoms with Crippen LogP contribution in [0.15, 0.2) is 0 Å². The summed E-state index contributed by atoms with van der Waals surface area (Å²) in [4.78, 5) is 2.25. The van der Waals surface area contributed by atoms with E-state index in [-0.39, 0.29) is 11.5 Å². The molecule has 0 bridgehead atoms. The summed E-state index contributed by atoms with van der Waals surface area (Å²) in [5.41, 5.74) is -0.200. The molecule has 0 radical (unpaired) electrons. The Labute approximate surface area is 97.2 Å². The van der Waals surface area contributed by atoms with Crippen LogP contribution in [0.4, 0.5) is 0 Å². The van der Waals surface area contributed by atoms with Crippen molar-refractivity contribution >= 4 is 9.84 Å².